The molecule has 2 atom stereocenters. The standard InChI is InChI=1S/C20H17F2N5O3/c1-2-11-3-5-12(6-4-11)23-16(28)10-26-18-17(24-25-26)19(29)27(20(18)30)13-7-8-14(21)15(22)9-13/h3-9,17-18H,2,10H2,1H3,(H,23,28). The van der Waals surface area contributed by atoms with E-state index in [0.29, 0.717) is 5.69 Å². The lowest BCUT2D eigenvalue weighted by Crippen LogP contribution is -2.43. The summed E-state index contributed by atoms with van der Waals surface area (Å²) in [6.45, 7) is 1.72. The van der Waals surface area contributed by atoms with Gasteiger partial charge in [-0.1, -0.05) is 24.3 Å². The summed E-state index contributed by atoms with van der Waals surface area (Å²) in [5.41, 5.74) is 1.60. The minimum Gasteiger partial charge on any atom is -0.324 e. The van der Waals surface area contributed by atoms with Crippen LogP contribution in [0.15, 0.2) is 52.8 Å². The maximum atomic E-state index is 13.6. The highest BCUT2D eigenvalue weighted by Crippen LogP contribution is 2.32. The average molecular weight is 413 g/mol. The molecule has 0 spiro atoms. The van der Waals surface area contributed by atoms with Crippen molar-refractivity contribution in [3.63, 3.8) is 0 Å². The van der Waals surface area contributed by atoms with Crippen LogP contribution in [-0.4, -0.2) is 41.4 Å². The van der Waals surface area contributed by atoms with E-state index in [9.17, 15) is 23.2 Å². The second kappa shape index (κ2) is 7.62. The van der Waals surface area contributed by atoms with Crippen molar-refractivity contribution in [2.75, 3.05) is 16.8 Å². The van der Waals surface area contributed by atoms with Gasteiger partial charge < -0.3 is 5.32 Å². The van der Waals surface area contributed by atoms with Crippen LogP contribution in [-0.2, 0) is 20.8 Å². The fourth-order valence-electron chi connectivity index (χ4n) is 3.40. The van der Waals surface area contributed by atoms with Gasteiger partial charge in [-0.25, -0.2) is 13.7 Å². The number of carbonyl (C=O) groups excluding carboxylic acids is 3. The molecular weight excluding hydrogens is 396 g/mol. The maximum Gasteiger partial charge on any atom is 0.263 e. The highest BCUT2D eigenvalue weighted by Gasteiger charge is 2.55. The molecule has 3 amide bonds. The Hall–Kier alpha value is -3.69. The molecule has 2 aliphatic heterocycles. The molecule has 0 saturated carbocycles. The van der Waals surface area contributed by atoms with E-state index in [1.54, 1.807) is 12.1 Å². The van der Waals surface area contributed by atoms with Gasteiger partial charge in [0.2, 0.25) is 5.91 Å². The number of hydrogen-bond acceptors (Lipinski definition) is 6. The third-order valence-corrected chi connectivity index (χ3v) is 4.97. The van der Waals surface area contributed by atoms with Crippen molar-refractivity contribution in [3.8, 4) is 0 Å². The van der Waals surface area contributed by atoms with Crippen LogP contribution in [0.1, 0.15) is 12.5 Å². The second-order valence-corrected chi connectivity index (χ2v) is 6.90. The number of rotatable bonds is 5. The topological polar surface area (TPSA) is 94.4 Å². The number of nitrogens with one attached hydrogen (secondary N) is 1. The van der Waals surface area contributed by atoms with Crippen LogP contribution in [0.5, 0.6) is 0 Å². The number of benzene rings is 2. The van der Waals surface area contributed by atoms with Crippen molar-refractivity contribution in [2.24, 2.45) is 10.3 Å². The molecule has 8 nitrogen and oxygen atoms in total. The minimum atomic E-state index is -1.18. The number of imide groups is 1. The summed E-state index contributed by atoms with van der Waals surface area (Å²) in [4.78, 5) is 38.5. The number of aryl methyl sites for hydroxylation is 1. The van der Waals surface area contributed by atoms with E-state index in [0.717, 1.165) is 40.1 Å². The van der Waals surface area contributed by atoms with Crippen LogP contribution in [0, 0.1) is 11.6 Å². The maximum absolute atomic E-state index is 13.6. The summed E-state index contributed by atoms with van der Waals surface area (Å²) in [6, 6.07) is 7.78. The van der Waals surface area contributed by atoms with Crippen molar-refractivity contribution in [1.29, 1.82) is 0 Å². The molecule has 2 aromatic carbocycles. The van der Waals surface area contributed by atoms with Crippen LogP contribution in [0.3, 0.4) is 0 Å². The van der Waals surface area contributed by atoms with Crippen LogP contribution >= 0.6 is 0 Å². The normalized spacial score (nSPS) is 20.1. The summed E-state index contributed by atoms with van der Waals surface area (Å²) in [6.07, 6.45) is 0.871. The first-order chi connectivity index (χ1) is 14.4. The van der Waals surface area contributed by atoms with Gasteiger partial charge in [0.15, 0.2) is 23.7 Å². The average Bonchev–Trinajstić information content (AvgIpc) is 3.24. The molecule has 154 valence electrons. The van der Waals surface area contributed by atoms with Gasteiger partial charge in [-0.05, 0) is 36.2 Å². The Bertz CT molecular complexity index is 1060. The van der Waals surface area contributed by atoms with Gasteiger partial charge in [0.1, 0.15) is 6.54 Å². The molecule has 0 bridgehead atoms. The van der Waals surface area contributed by atoms with Crippen molar-refractivity contribution < 1.29 is 23.2 Å². The predicted molar refractivity (Wildman–Crippen MR) is 102 cm³/mol. The van der Waals surface area contributed by atoms with Gasteiger partial charge >= 0.3 is 0 Å². The van der Waals surface area contributed by atoms with Gasteiger partial charge in [-0.15, -0.1) is 0 Å². The van der Waals surface area contributed by atoms with E-state index >= 15 is 0 Å². The van der Waals surface area contributed by atoms with Crippen LogP contribution in [0.2, 0.25) is 0 Å². The Labute approximate surface area is 170 Å². The van der Waals surface area contributed by atoms with Crippen molar-refractivity contribution >= 4 is 29.1 Å². The number of nitrogens with zero attached hydrogens (tertiary/aromatic N) is 4. The molecule has 1 N–H and O–H groups in total. The molecule has 0 aromatic heterocycles. The lowest BCUT2D eigenvalue weighted by Gasteiger charge is -2.20. The van der Waals surface area contributed by atoms with E-state index in [4.69, 9.17) is 0 Å². The molecule has 2 aromatic rings. The number of anilines is 2. The van der Waals surface area contributed by atoms with Crippen molar-refractivity contribution in [2.45, 2.75) is 25.4 Å². The smallest absolute Gasteiger partial charge is 0.263 e. The zero-order chi connectivity index (χ0) is 21.4. The predicted octanol–water partition coefficient (Wildman–Crippen LogP) is 2.46. The zero-order valence-electron chi connectivity index (χ0n) is 15.9. The number of hydrogen-bond donors (Lipinski definition) is 1. The zero-order valence-corrected chi connectivity index (χ0v) is 15.9. The molecule has 2 heterocycles. The molecule has 2 unspecified atom stereocenters. The molecule has 30 heavy (non-hydrogen) atoms. The molecular formula is C20H17F2N5O3. The largest absolute Gasteiger partial charge is 0.324 e. The lowest BCUT2D eigenvalue weighted by molar-refractivity contribution is -0.123. The Morgan fingerprint density at radius 3 is 2.47 bits per heavy atom. The van der Waals surface area contributed by atoms with Gasteiger partial charge in [0.25, 0.3) is 11.8 Å². The van der Waals surface area contributed by atoms with E-state index in [-0.39, 0.29) is 12.2 Å². The van der Waals surface area contributed by atoms with Crippen LogP contribution in [0.25, 0.3) is 0 Å². The number of halogens is 2. The number of carbonyl (C=O) groups is 3. The van der Waals surface area contributed by atoms with Gasteiger partial charge in [0.05, 0.1) is 5.69 Å². The van der Waals surface area contributed by atoms with E-state index in [1.807, 2.05) is 19.1 Å². The van der Waals surface area contributed by atoms with Gasteiger partial charge in [0, 0.05) is 11.8 Å². The van der Waals surface area contributed by atoms with E-state index < -0.39 is 41.4 Å². The lowest BCUT2D eigenvalue weighted by atomic mass is 10.1. The highest BCUT2D eigenvalue weighted by molar-refractivity contribution is 6.25. The molecule has 1 fully saturated rings. The summed E-state index contributed by atoms with van der Waals surface area (Å²) in [5, 5.41) is 11.4. The number of fused-ring (bicyclic) bond motifs is 1. The van der Waals surface area contributed by atoms with Gasteiger partial charge in [-0.3, -0.25) is 19.4 Å². The summed E-state index contributed by atoms with van der Waals surface area (Å²) < 4.78 is 26.7. The summed E-state index contributed by atoms with van der Waals surface area (Å²) in [7, 11) is 0. The van der Waals surface area contributed by atoms with E-state index in [2.05, 4.69) is 15.7 Å². The fraction of sp³-hybridized carbons (Fsp3) is 0.250. The molecule has 0 radical (unpaired) electrons. The summed E-state index contributed by atoms with van der Waals surface area (Å²) >= 11 is 0. The van der Waals surface area contributed by atoms with Crippen LogP contribution in [0.4, 0.5) is 20.2 Å². The second-order valence-electron chi connectivity index (χ2n) is 6.90. The Morgan fingerprint density at radius 2 is 1.80 bits per heavy atom. The molecule has 2 aliphatic rings. The minimum absolute atomic E-state index is 0.103. The highest BCUT2D eigenvalue weighted by atomic mass is 19.2. The van der Waals surface area contributed by atoms with Crippen molar-refractivity contribution in [1.82, 2.24) is 5.01 Å². The Balaban J connectivity index is 1.47. The fourth-order valence-corrected chi connectivity index (χ4v) is 3.40. The number of amides is 3. The molecule has 4 rings (SSSR count). The molecule has 1 saturated heterocycles. The van der Waals surface area contributed by atoms with Crippen LogP contribution < -0.4 is 10.2 Å². The third kappa shape index (κ3) is 3.40. The molecule has 10 heteroatoms. The Kier molecular flexibility index (Phi) is 4.98. The third-order valence-electron chi connectivity index (χ3n) is 4.97. The Morgan fingerprint density at radius 1 is 1.07 bits per heavy atom. The first-order valence-electron chi connectivity index (χ1n) is 9.28. The van der Waals surface area contributed by atoms with Gasteiger partial charge in [-0.2, -0.15) is 5.11 Å². The van der Waals surface area contributed by atoms with Crippen molar-refractivity contribution in [3.05, 3.63) is 59.7 Å². The molecule has 0 aliphatic carbocycles. The SMILES string of the molecule is CCc1ccc(NC(=O)CN2N=NC3C(=O)N(c4ccc(F)c(F)c4)C(=O)C32)cc1. The van der Waals surface area contributed by atoms with E-state index in [1.165, 1.54) is 0 Å². The first-order valence-corrected chi connectivity index (χ1v) is 9.28. The summed E-state index contributed by atoms with van der Waals surface area (Å²) in [5.74, 6) is -4.13. The monoisotopic (exact) mass is 413 g/mol. The quantitative estimate of drug-likeness (QED) is 0.762. The first kappa shape index (κ1) is 19.6.